The molecule has 1 N–H and O–H groups in total. The number of carbonyl (C=O) groups is 1. The second-order valence-corrected chi connectivity index (χ2v) is 6.04. The van der Waals surface area contributed by atoms with Gasteiger partial charge in [0.1, 0.15) is 5.52 Å². The summed E-state index contributed by atoms with van der Waals surface area (Å²) >= 11 is 1.21. The van der Waals surface area contributed by atoms with Crippen molar-refractivity contribution in [2.45, 2.75) is 5.22 Å². The number of benzene rings is 2. The summed E-state index contributed by atoms with van der Waals surface area (Å²) < 4.78 is 16.1. The Hall–Kier alpha value is -3.00. The van der Waals surface area contributed by atoms with E-state index >= 15 is 0 Å². The van der Waals surface area contributed by atoms with Gasteiger partial charge in [0.15, 0.2) is 17.1 Å². The zero-order valence-corrected chi connectivity index (χ0v) is 15.1. The molecule has 1 heterocycles. The first kappa shape index (κ1) is 17.8. The van der Waals surface area contributed by atoms with Crippen molar-refractivity contribution >= 4 is 35.0 Å². The fourth-order valence-electron chi connectivity index (χ4n) is 2.26. The van der Waals surface area contributed by atoms with E-state index in [1.807, 2.05) is 36.4 Å². The molecule has 2 aromatic carbocycles. The van der Waals surface area contributed by atoms with Gasteiger partial charge in [0, 0.05) is 5.56 Å². The van der Waals surface area contributed by atoms with Gasteiger partial charge in [-0.2, -0.15) is 5.10 Å². The number of hydrazone groups is 1. The Labute approximate surface area is 154 Å². The molecule has 0 saturated carbocycles. The topological polar surface area (TPSA) is 86.0 Å². The molecular formula is C18H17N3O4S. The molecule has 8 heteroatoms. The lowest BCUT2D eigenvalue weighted by Crippen LogP contribution is -2.19. The summed E-state index contributed by atoms with van der Waals surface area (Å²) in [5.74, 6) is 1.01. The van der Waals surface area contributed by atoms with Crippen LogP contribution in [0.15, 0.2) is 57.2 Å². The van der Waals surface area contributed by atoms with Crippen molar-refractivity contribution < 1.29 is 18.7 Å². The van der Waals surface area contributed by atoms with Gasteiger partial charge < -0.3 is 13.9 Å². The molecular weight excluding hydrogens is 354 g/mol. The highest BCUT2D eigenvalue weighted by atomic mass is 32.2. The first-order valence-corrected chi connectivity index (χ1v) is 8.71. The minimum Gasteiger partial charge on any atom is -0.493 e. The standard InChI is InChI=1S/C18H17N3O4S/c1-23-15-9-5-6-12(17(15)24-2)10-19-21-16(22)11-26-18-20-13-7-3-4-8-14(13)25-18/h3-10H,11H2,1-2H3,(H,21,22)/b19-10+. The third-order valence-corrected chi connectivity index (χ3v) is 4.26. The van der Waals surface area contributed by atoms with Crippen LogP contribution in [-0.2, 0) is 4.79 Å². The van der Waals surface area contributed by atoms with Crippen LogP contribution >= 0.6 is 11.8 Å². The number of methoxy groups -OCH3 is 2. The van der Waals surface area contributed by atoms with Gasteiger partial charge in [-0.25, -0.2) is 10.4 Å². The number of nitrogens with zero attached hydrogens (tertiary/aromatic N) is 2. The maximum atomic E-state index is 11.9. The van der Waals surface area contributed by atoms with Crippen molar-refractivity contribution in [3.63, 3.8) is 0 Å². The monoisotopic (exact) mass is 371 g/mol. The molecule has 0 radical (unpaired) electrons. The summed E-state index contributed by atoms with van der Waals surface area (Å²) in [7, 11) is 3.11. The number of ether oxygens (including phenoxy) is 2. The molecule has 0 unspecified atom stereocenters. The van der Waals surface area contributed by atoms with Gasteiger partial charge in [0.25, 0.3) is 11.1 Å². The summed E-state index contributed by atoms with van der Waals surface area (Å²) in [6.07, 6.45) is 1.50. The van der Waals surface area contributed by atoms with E-state index in [0.29, 0.717) is 27.9 Å². The first-order chi connectivity index (χ1) is 12.7. The Bertz CT molecular complexity index is 906. The maximum absolute atomic E-state index is 11.9. The predicted molar refractivity (Wildman–Crippen MR) is 100 cm³/mol. The number of nitrogens with one attached hydrogen (secondary N) is 1. The van der Waals surface area contributed by atoms with Crippen molar-refractivity contribution in [1.82, 2.24) is 10.4 Å². The van der Waals surface area contributed by atoms with Crippen molar-refractivity contribution in [2.75, 3.05) is 20.0 Å². The van der Waals surface area contributed by atoms with Crippen molar-refractivity contribution in [2.24, 2.45) is 5.10 Å². The maximum Gasteiger partial charge on any atom is 0.257 e. The van der Waals surface area contributed by atoms with E-state index in [-0.39, 0.29) is 11.7 Å². The number of amides is 1. The van der Waals surface area contributed by atoms with Crippen LogP contribution in [0, 0.1) is 0 Å². The summed E-state index contributed by atoms with van der Waals surface area (Å²) in [5, 5.41) is 4.40. The van der Waals surface area contributed by atoms with Gasteiger partial charge in [-0.1, -0.05) is 30.0 Å². The fraction of sp³-hybridized carbons (Fsp3) is 0.167. The number of thioether (sulfide) groups is 1. The van der Waals surface area contributed by atoms with Crippen LogP contribution in [0.5, 0.6) is 11.5 Å². The van der Waals surface area contributed by atoms with Crippen LogP contribution in [0.4, 0.5) is 0 Å². The molecule has 7 nitrogen and oxygen atoms in total. The van der Waals surface area contributed by atoms with E-state index in [1.54, 1.807) is 20.3 Å². The molecule has 3 rings (SSSR count). The zero-order valence-electron chi connectivity index (χ0n) is 14.3. The van der Waals surface area contributed by atoms with Crippen LogP contribution in [-0.4, -0.2) is 37.1 Å². The number of fused-ring (bicyclic) bond motifs is 1. The van der Waals surface area contributed by atoms with E-state index in [9.17, 15) is 4.79 Å². The van der Waals surface area contributed by atoms with Crippen molar-refractivity contribution in [3.8, 4) is 11.5 Å². The highest BCUT2D eigenvalue weighted by molar-refractivity contribution is 7.99. The van der Waals surface area contributed by atoms with Crippen molar-refractivity contribution in [1.29, 1.82) is 0 Å². The minimum absolute atomic E-state index is 0.138. The third-order valence-electron chi connectivity index (χ3n) is 3.43. The molecule has 0 saturated heterocycles. The van der Waals surface area contributed by atoms with Gasteiger partial charge >= 0.3 is 0 Å². The quantitative estimate of drug-likeness (QED) is 0.390. The lowest BCUT2D eigenvalue weighted by atomic mass is 10.2. The number of para-hydroxylation sites is 3. The van der Waals surface area contributed by atoms with Crippen LogP contribution in [0.2, 0.25) is 0 Å². The Kier molecular flexibility index (Phi) is 5.75. The summed E-state index contributed by atoms with van der Waals surface area (Å²) in [6, 6.07) is 12.8. The number of carbonyl (C=O) groups excluding carboxylic acids is 1. The van der Waals surface area contributed by atoms with Gasteiger partial charge in [-0.3, -0.25) is 4.79 Å². The number of hydrogen-bond acceptors (Lipinski definition) is 7. The van der Waals surface area contributed by atoms with Crippen LogP contribution in [0.25, 0.3) is 11.1 Å². The van der Waals surface area contributed by atoms with Gasteiger partial charge in [0.2, 0.25) is 0 Å². The highest BCUT2D eigenvalue weighted by Crippen LogP contribution is 2.29. The molecule has 3 aromatic rings. The first-order valence-electron chi connectivity index (χ1n) is 7.72. The van der Waals surface area contributed by atoms with Crippen molar-refractivity contribution in [3.05, 3.63) is 48.0 Å². The molecule has 26 heavy (non-hydrogen) atoms. The molecule has 1 amide bonds. The minimum atomic E-state index is -0.268. The fourth-order valence-corrected chi connectivity index (χ4v) is 2.89. The van der Waals surface area contributed by atoms with E-state index in [0.717, 1.165) is 5.52 Å². The molecule has 0 aliphatic heterocycles. The Morgan fingerprint density at radius 3 is 2.85 bits per heavy atom. The SMILES string of the molecule is COc1cccc(/C=N/NC(=O)CSc2nc3ccccc3o2)c1OC. The second kappa shape index (κ2) is 8.39. The summed E-state index contributed by atoms with van der Waals surface area (Å²) in [6.45, 7) is 0. The largest absolute Gasteiger partial charge is 0.493 e. The van der Waals surface area contributed by atoms with Gasteiger partial charge in [-0.15, -0.1) is 0 Å². The van der Waals surface area contributed by atoms with Crippen LogP contribution in [0.1, 0.15) is 5.56 Å². The molecule has 0 bridgehead atoms. The average molecular weight is 371 g/mol. The number of oxazole rings is 1. The van der Waals surface area contributed by atoms with E-state index < -0.39 is 0 Å². The molecule has 0 atom stereocenters. The van der Waals surface area contributed by atoms with E-state index in [2.05, 4.69) is 15.5 Å². The Morgan fingerprint density at radius 1 is 1.23 bits per heavy atom. The molecule has 134 valence electrons. The molecule has 0 spiro atoms. The zero-order chi connectivity index (χ0) is 18.4. The second-order valence-electron chi connectivity index (χ2n) is 5.11. The Morgan fingerprint density at radius 2 is 2.08 bits per heavy atom. The third kappa shape index (κ3) is 4.15. The number of hydrogen-bond donors (Lipinski definition) is 1. The number of rotatable bonds is 7. The average Bonchev–Trinajstić information content (AvgIpc) is 3.09. The summed E-state index contributed by atoms with van der Waals surface area (Å²) in [5.41, 5.74) is 4.62. The molecule has 1 aromatic heterocycles. The normalized spacial score (nSPS) is 11.0. The van der Waals surface area contributed by atoms with E-state index in [4.69, 9.17) is 13.9 Å². The molecule has 0 fully saturated rings. The van der Waals surface area contributed by atoms with E-state index in [1.165, 1.54) is 18.0 Å². The van der Waals surface area contributed by atoms with Gasteiger partial charge in [-0.05, 0) is 24.3 Å². The van der Waals surface area contributed by atoms with Crippen LogP contribution in [0.3, 0.4) is 0 Å². The highest BCUT2D eigenvalue weighted by Gasteiger charge is 2.09. The predicted octanol–water partition coefficient (Wildman–Crippen LogP) is 3.09. The lowest BCUT2D eigenvalue weighted by Gasteiger charge is -2.09. The van der Waals surface area contributed by atoms with Crippen LogP contribution < -0.4 is 14.9 Å². The summed E-state index contributed by atoms with van der Waals surface area (Å²) in [4.78, 5) is 16.2. The lowest BCUT2D eigenvalue weighted by molar-refractivity contribution is -0.118. The number of aromatic nitrogens is 1. The molecule has 0 aliphatic rings. The molecule has 0 aliphatic carbocycles. The smallest absolute Gasteiger partial charge is 0.257 e. The Balaban J connectivity index is 1.56. The van der Waals surface area contributed by atoms with Gasteiger partial charge in [0.05, 0.1) is 26.2 Å².